The zero-order valence-electron chi connectivity index (χ0n) is 19.5. The van der Waals surface area contributed by atoms with Crippen LogP contribution in [0.2, 0.25) is 0 Å². The minimum absolute atomic E-state index is 0.0479. The number of unbranched alkanes of at least 4 members (excludes halogenated alkanes) is 1. The summed E-state index contributed by atoms with van der Waals surface area (Å²) in [5, 5.41) is 12.5. The number of thioether (sulfide) groups is 1. The molecule has 1 amide bonds. The summed E-state index contributed by atoms with van der Waals surface area (Å²) in [6.45, 7) is 9.87. The van der Waals surface area contributed by atoms with Crippen LogP contribution < -0.4 is 10.2 Å². The number of carbonyl (C=O) groups is 1. The normalized spacial score (nSPS) is 17.6. The molecular formula is C27H32N4OS. The second-order valence-corrected chi connectivity index (χ2v) is 10.8. The molecule has 0 bridgehead atoms. The smallest absolute Gasteiger partial charge is 0.248 e. The number of nitrogens with zero attached hydrogens (tertiary/aromatic N) is 3. The zero-order chi connectivity index (χ0) is 23.3. The number of amides is 1. The highest BCUT2D eigenvalue weighted by atomic mass is 32.2. The zero-order valence-corrected chi connectivity index (χ0v) is 20.3. The molecule has 172 valence electrons. The number of hydrogen-bond donors (Lipinski definition) is 1. The second-order valence-electron chi connectivity index (χ2n) is 9.13. The lowest BCUT2D eigenvalue weighted by molar-refractivity contribution is -0.117. The fourth-order valence-corrected chi connectivity index (χ4v) is 5.71. The number of para-hydroxylation sites is 1. The molecule has 1 N–H and O–H groups in total. The fourth-order valence-electron chi connectivity index (χ4n) is 4.50. The fraction of sp³-hybridized carbons (Fsp3) is 0.407. The van der Waals surface area contributed by atoms with E-state index in [4.69, 9.17) is 0 Å². The van der Waals surface area contributed by atoms with Gasteiger partial charge >= 0.3 is 0 Å². The summed E-state index contributed by atoms with van der Waals surface area (Å²) in [5.41, 5.74) is 3.77. The number of fused-ring (bicyclic) bond motifs is 1. The molecule has 0 radical (unpaired) electrons. The first-order valence-electron chi connectivity index (χ1n) is 11.7. The van der Waals surface area contributed by atoms with Crippen LogP contribution in [0, 0.1) is 11.3 Å². The average molecular weight is 461 g/mol. The van der Waals surface area contributed by atoms with Crippen LogP contribution in [0.4, 0.5) is 5.69 Å². The molecule has 4 rings (SSSR count). The average Bonchev–Trinajstić information content (AvgIpc) is 2.83. The van der Waals surface area contributed by atoms with Crippen molar-refractivity contribution in [1.29, 1.82) is 5.26 Å². The van der Waals surface area contributed by atoms with Gasteiger partial charge < -0.3 is 10.2 Å². The van der Waals surface area contributed by atoms with Crippen LogP contribution in [0.3, 0.4) is 0 Å². The molecule has 0 aromatic heterocycles. The van der Waals surface area contributed by atoms with Crippen molar-refractivity contribution in [3.63, 3.8) is 0 Å². The number of carbonyl (C=O) groups excluding carboxylic acids is 1. The van der Waals surface area contributed by atoms with E-state index in [0.29, 0.717) is 6.54 Å². The van der Waals surface area contributed by atoms with Crippen molar-refractivity contribution in [3.05, 3.63) is 65.2 Å². The second kappa shape index (κ2) is 10.5. The van der Waals surface area contributed by atoms with Crippen molar-refractivity contribution < 1.29 is 4.79 Å². The maximum atomic E-state index is 12.9. The molecule has 0 unspecified atom stereocenters. The molecule has 33 heavy (non-hydrogen) atoms. The molecule has 0 saturated carbocycles. The van der Waals surface area contributed by atoms with Gasteiger partial charge in [-0.3, -0.25) is 9.69 Å². The number of nitrogens with one attached hydrogen (secondary N) is 1. The summed E-state index contributed by atoms with van der Waals surface area (Å²) in [6, 6.07) is 18.4. The summed E-state index contributed by atoms with van der Waals surface area (Å²) in [7, 11) is 0. The van der Waals surface area contributed by atoms with Crippen molar-refractivity contribution in [1.82, 2.24) is 10.2 Å². The van der Waals surface area contributed by atoms with Gasteiger partial charge in [0.25, 0.3) is 0 Å². The Kier molecular flexibility index (Phi) is 7.42. The molecule has 0 aliphatic carbocycles. The van der Waals surface area contributed by atoms with Gasteiger partial charge in [0.1, 0.15) is 6.07 Å². The van der Waals surface area contributed by atoms with Crippen molar-refractivity contribution in [3.8, 4) is 6.07 Å². The van der Waals surface area contributed by atoms with Crippen LogP contribution >= 0.6 is 11.8 Å². The highest BCUT2D eigenvalue weighted by Crippen LogP contribution is 2.44. The van der Waals surface area contributed by atoms with E-state index in [2.05, 4.69) is 47.2 Å². The van der Waals surface area contributed by atoms with E-state index in [1.165, 1.54) is 4.90 Å². The standard InChI is InChI=1S/C27H32N4OS/c1-27(2)23(19-21-9-4-6-12-25(21)33-27)26(32)29-13-7-8-14-30-15-17-31(18-16-30)24-11-5-3-10-22(24)20-28/h3-6,9-12,19H,7-8,13-18H2,1-2H3,(H,29,32). The molecule has 2 aromatic carbocycles. The molecule has 6 heteroatoms. The Balaban J connectivity index is 1.19. The largest absolute Gasteiger partial charge is 0.368 e. The summed E-state index contributed by atoms with van der Waals surface area (Å²) in [4.78, 5) is 18.9. The Morgan fingerprint density at radius 3 is 2.58 bits per heavy atom. The van der Waals surface area contributed by atoms with Gasteiger partial charge in [0.2, 0.25) is 5.91 Å². The number of anilines is 1. The molecule has 1 fully saturated rings. The number of benzene rings is 2. The van der Waals surface area contributed by atoms with Gasteiger partial charge in [-0.15, -0.1) is 11.8 Å². The molecule has 2 aliphatic heterocycles. The number of piperazine rings is 1. The van der Waals surface area contributed by atoms with Crippen molar-refractivity contribution in [2.75, 3.05) is 44.2 Å². The van der Waals surface area contributed by atoms with E-state index in [0.717, 1.165) is 68.0 Å². The molecule has 2 aliphatic rings. The molecule has 0 atom stereocenters. The third-order valence-corrected chi connectivity index (χ3v) is 7.72. The number of hydrogen-bond acceptors (Lipinski definition) is 5. The van der Waals surface area contributed by atoms with Gasteiger partial charge in [0.15, 0.2) is 0 Å². The third kappa shape index (κ3) is 5.61. The lowest BCUT2D eigenvalue weighted by Gasteiger charge is -2.36. The number of nitriles is 1. The van der Waals surface area contributed by atoms with Crippen molar-refractivity contribution >= 4 is 29.4 Å². The van der Waals surface area contributed by atoms with Crippen LogP contribution in [0.25, 0.3) is 6.08 Å². The van der Waals surface area contributed by atoms with Gasteiger partial charge in [0.05, 0.1) is 11.3 Å². The summed E-state index contributed by atoms with van der Waals surface area (Å²) in [5.74, 6) is 0.0479. The Morgan fingerprint density at radius 1 is 1.06 bits per heavy atom. The first-order chi connectivity index (χ1) is 16.0. The van der Waals surface area contributed by atoms with E-state index in [1.807, 2.05) is 42.5 Å². The van der Waals surface area contributed by atoms with Crippen LogP contribution in [0.1, 0.15) is 37.8 Å². The summed E-state index contributed by atoms with van der Waals surface area (Å²) in [6.07, 6.45) is 4.08. The van der Waals surface area contributed by atoms with Gasteiger partial charge in [-0.1, -0.05) is 30.3 Å². The summed E-state index contributed by atoms with van der Waals surface area (Å²) >= 11 is 1.76. The minimum atomic E-state index is -0.234. The van der Waals surface area contributed by atoms with Crippen molar-refractivity contribution in [2.24, 2.45) is 0 Å². The quantitative estimate of drug-likeness (QED) is 0.615. The van der Waals surface area contributed by atoms with E-state index in [-0.39, 0.29) is 10.7 Å². The maximum Gasteiger partial charge on any atom is 0.248 e. The molecule has 0 spiro atoms. The topological polar surface area (TPSA) is 59.4 Å². The lowest BCUT2D eigenvalue weighted by atomic mass is 9.97. The summed E-state index contributed by atoms with van der Waals surface area (Å²) < 4.78 is -0.234. The molecule has 2 aromatic rings. The molecule has 2 heterocycles. The first kappa shape index (κ1) is 23.4. The van der Waals surface area contributed by atoms with Crippen LogP contribution in [-0.2, 0) is 4.79 Å². The van der Waals surface area contributed by atoms with Crippen LogP contribution in [0.5, 0.6) is 0 Å². The lowest BCUT2D eigenvalue weighted by Crippen LogP contribution is -2.47. The van der Waals surface area contributed by atoms with E-state index in [9.17, 15) is 10.1 Å². The molecule has 1 saturated heterocycles. The SMILES string of the molecule is CC1(C)Sc2ccccc2C=C1C(=O)NCCCCN1CCN(c2ccccc2C#N)CC1. The van der Waals surface area contributed by atoms with Crippen LogP contribution in [-0.4, -0.2) is 54.8 Å². The predicted octanol–water partition coefficient (Wildman–Crippen LogP) is 4.54. The highest BCUT2D eigenvalue weighted by molar-refractivity contribution is 8.01. The van der Waals surface area contributed by atoms with Gasteiger partial charge in [-0.25, -0.2) is 0 Å². The maximum absolute atomic E-state index is 12.9. The molecular weight excluding hydrogens is 428 g/mol. The Labute approximate surface area is 201 Å². The number of rotatable bonds is 7. The molecule has 5 nitrogen and oxygen atoms in total. The van der Waals surface area contributed by atoms with Crippen LogP contribution in [0.15, 0.2) is 59.0 Å². The van der Waals surface area contributed by atoms with E-state index >= 15 is 0 Å². The Hall–Kier alpha value is -2.75. The first-order valence-corrected chi connectivity index (χ1v) is 12.5. The van der Waals surface area contributed by atoms with E-state index < -0.39 is 0 Å². The Morgan fingerprint density at radius 2 is 1.79 bits per heavy atom. The van der Waals surface area contributed by atoms with Crippen molar-refractivity contribution in [2.45, 2.75) is 36.3 Å². The Bertz CT molecular complexity index is 1060. The van der Waals surface area contributed by atoms with Gasteiger partial charge in [-0.2, -0.15) is 5.26 Å². The highest BCUT2D eigenvalue weighted by Gasteiger charge is 2.33. The van der Waals surface area contributed by atoms with E-state index in [1.54, 1.807) is 11.8 Å². The van der Waals surface area contributed by atoms with Gasteiger partial charge in [-0.05, 0) is 63.1 Å². The van der Waals surface area contributed by atoms with Gasteiger partial charge in [0, 0.05) is 47.9 Å². The minimum Gasteiger partial charge on any atom is -0.368 e. The predicted molar refractivity (Wildman–Crippen MR) is 136 cm³/mol. The third-order valence-electron chi connectivity index (χ3n) is 6.40. The monoisotopic (exact) mass is 460 g/mol.